The van der Waals surface area contributed by atoms with E-state index in [1.54, 1.807) is 0 Å². The first-order valence-electron chi connectivity index (χ1n) is 7.75. The summed E-state index contributed by atoms with van der Waals surface area (Å²) in [5, 5.41) is 3.64. The van der Waals surface area contributed by atoms with Gasteiger partial charge < -0.3 is 10.1 Å². The molecule has 2 rings (SSSR count). The summed E-state index contributed by atoms with van der Waals surface area (Å²) >= 11 is 2.04. The third-order valence-corrected chi connectivity index (χ3v) is 5.54. The lowest BCUT2D eigenvalue weighted by Gasteiger charge is -2.27. The molecule has 1 N–H and O–H groups in total. The molecule has 0 aliphatic heterocycles. The van der Waals surface area contributed by atoms with Crippen LogP contribution in [0.1, 0.15) is 44.6 Å². The highest BCUT2D eigenvalue weighted by Gasteiger charge is 2.32. The zero-order valence-electron chi connectivity index (χ0n) is 12.8. The second kappa shape index (κ2) is 7.94. The van der Waals surface area contributed by atoms with Crippen LogP contribution in [-0.2, 0) is 6.54 Å². The molecule has 0 amide bonds. The Labute approximate surface area is 127 Å². The summed E-state index contributed by atoms with van der Waals surface area (Å²) in [6.45, 7) is 5.01. The topological polar surface area (TPSA) is 21.3 Å². The second-order valence-electron chi connectivity index (χ2n) is 5.69. The quantitative estimate of drug-likeness (QED) is 0.774. The van der Waals surface area contributed by atoms with Gasteiger partial charge in [0.15, 0.2) is 0 Å². The highest BCUT2D eigenvalue weighted by Crippen LogP contribution is 2.39. The third-order valence-electron chi connectivity index (χ3n) is 4.12. The highest BCUT2D eigenvalue weighted by atomic mass is 32.2. The minimum absolute atomic E-state index is 0.490. The van der Waals surface area contributed by atoms with Gasteiger partial charge in [0, 0.05) is 17.8 Å². The minimum atomic E-state index is 0.490. The van der Waals surface area contributed by atoms with Crippen molar-refractivity contribution >= 4 is 11.8 Å². The molecule has 0 atom stereocenters. The van der Waals surface area contributed by atoms with Crippen molar-refractivity contribution in [1.82, 2.24) is 5.32 Å². The Morgan fingerprint density at radius 2 is 1.90 bits per heavy atom. The van der Waals surface area contributed by atoms with E-state index in [1.165, 1.54) is 31.2 Å². The van der Waals surface area contributed by atoms with Gasteiger partial charge in [0.25, 0.3) is 0 Å². The summed E-state index contributed by atoms with van der Waals surface area (Å²) < 4.78 is 6.10. The van der Waals surface area contributed by atoms with E-state index in [9.17, 15) is 0 Å². The van der Waals surface area contributed by atoms with Crippen molar-refractivity contribution in [2.45, 2.75) is 50.3 Å². The van der Waals surface area contributed by atoms with Gasteiger partial charge in [-0.2, -0.15) is 11.8 Å². The van der Waals surface area contributed by atoms with Crippen LogP contribution in [0, 0.1) is 0 Å². The maximum atomic E-state index is 5.61. The van der Waals surface area contributed by atoms with Crippen LogP contribution in [0.15, 0.2) is 24.3 Å². The molecule has 2 nitrogen and oxygen atoms in total. The van der Waals surface area contributed by atoms with Gasteiger partial charge in [0.05, 0.1) is 6.61 Å². The molecule has 0 saturated heterocycles. The molecule has 20 heavy (non-hydrogen) atoms. The molecule has 1 aromatic carbocycles. The Bertz CT molecular complexity index is 384. The van der Waals surface area contributed by atoms with Gasteiger partial charge in [0.2, 0.25) is 0 Å². The lowest BCUT2D eigenvalue weighted by molar-refractivity contribution is 0.317. The van der Waals surface area contributed by atoms with Crippen LogP contribution in [0.5, 0.6) is 5.75 Å². The lowest BCUT2D eigenvalue weighted by Crippen LogP contribution is -2.34. The van der Waals surface area contributed by atoms with Crippen molar-refractivity contribution in [2.24, 2.45) is 0 Å². The predicted molar refractivity (Wildman–Crippen MR) is 88.6 cm³/mol. The zero-order valence-corrected chi connectivity index (χ0v) is 13.6. The summed E-state index contributed by atoms with van der Waals surface area (Å²) in [7, 11) is 0. The van der Waals surface area contributed by atoms with Gasteiger partial charge in [-0.05, 0) is 43.2 Å². The molecule has 1 aromatic rings. The van der Waals surface area contributed by atoms with Gasteiger partial charge in [-0.3, -0.25) is 0 Å². The van der Waals surface area contributed by atoms with E-state index in [2.05, 4.69) is 42.8 Å². The number of rotatable bonds is 8. The second-order valence-corrected chi connectivity index (χ2v) is 6.96. The van der Waals surface area contributed by atoms with E-state index in [0.717, 1.165) is 31.9 Å². The number of ether oxygens (including phenoxy) is 1. The number of hydrogen-bond acceptors (Lipinski definition) is 3. The highest BCUT2D eigenvalue weighted by molar-refractivity contribution is 8.00. The summed E-state index contributed by atoms with van der Waals surface area (Å²) in [4.78, 5) is 0. The van der Waals surface area contributed by atoms with Crippen molar-refractivity contribution in [2.75, 3.05) is 19.4 Å². The standard InChI is InChI=1S/C17H27NOS/c1-3-12-19-16-8-6-15(7-9-16)13-18-14-17(20-2)10-4-5-11-17/h6-9,18H,3-5,10-14H2,1-2H3. The molecule has 1 aliphatic carbocycles. The Balaban J connectivity index is 1.76. The molecular formula is C17H27NOS. The van der Waals surface area contributed by atoms with Crippen molar-refractivity contribution in [1.29, 1.82) is 0 Å². The van der Waals surface area contributed by atoms with Gasteiger partial charge >= 0.3 is 0 Å². The number of benzene rings is 1. The van der Waals surface area contributed by atoms with Gasteiger partial charge in [-0.25, -0.2) is 0 Å². The Kier molecular flexibility index (Phi) is 6.24. The van der Waals surface area contributed by atoms with E-state index >= 15 is 0 Å². The number of thioether (sulfide) groups is 1. The fourth-order valence-corrected chi connectivity index (χ4v) is 3.77. The number of hydrogen-bond donors (Lipinski definition) is 1. The SMILES string of the molecule is CCCOc1ccc(CNCC2(SC)CCCC2)cc1. The largest absolute Gasteiger partial charge is 0.494 e. The van der Waals surface area contributed by atoms with Crippen LogP contribution in [0.2, 0.25) is 0 Å². The van der Waals surface area contributed by atoms with Gasteiger partial charge in [0.1, 0.15) is 5.75 Å². The van der Waals surface area contributed by atoms with E-state index in [0.29, 0.717) is 4.75 Å². The smallest absolute Gasteiger partial charge is 0.119 e. The fourth-order valence-electron chi connectivity index (χ4n) is 2.83. The Morgan fingerprint density at radius 3 is 2.50 bits per heavy atom. The normalized spacial score (nSPS) is 17.3. The van der Waals surface area contributed by atoms with Crippen molar-refractivity contribution in [3.8, 4) is 5.75 Å². The maximum Gasteiger partial charge on any atom is 0.119 e. The first-order chi connectivity index (χ1) is 9.78. The summed E-state index contributed by atoms with van der Waals surface area (Å²) in [5.41, 5.74) is 1.34. The van der Waals surface area contributed by atoms with E-state index in [4.69, 9.17) is 4.74 Å². The molecule has 0 bridgehead atoms. The van der Waals surface area contributed by atoms with Crippen LogP contribution in [0.4, 0.5) is 0 Å². The average molecular weight is 293 g/mol. The van der Waals surface area contributed by atoms with E-state index in [1.807, 2.05) is 11.8 Å². The van der Waals surface area contributed by atoms with E-state index in [-0.39, 0.29) is 0 Å². The number of nitrogens with one attached hydrogen (secondary N) is 1. The molecule has 0 aromatic heterocycles. The summed E-state index contributed by atoms with van der Waals surface area (Å²) in [6, 6.07) is 8.48. The van der Waals surface area contributed by atoms with E-state index < -0.39 is 0 Å². The van der Waals surface area contributed by atoms with Gasteiger partial charge in [-0.1, -0.05) is 31.9 Å². The molecule has 1 aliphatic rings. The monoisotopic (exact) mass is 293 g/mol. The van der Waals surface area contributed by atoms with Crippen LogP contribution in [0.25, 0.3) is 0 Å². The molecule has 0 heterocycles. The summed E-state index contributed by atoms with van der Waals surface area (Å²) in [5.74, 6) is 0.979. The molecule has 0 unspecified atom stereocenters. The molecule has 0 spiro atoms. The molecule has 3 heteroatoms. The van der Waals surface area contributed by atoms with Gasteiger partial charge in [-0.15, -0.1) is 0 Å². The molecule has 1 fully saturated rings. The van der Waals surface area contributed by atoms with Crippen LogP contribution in [-0.4, -0.2) is 24.2 Å². The Morgan fingerprint density at radius 1 is 1.20 bits per heavy atom. The predicted octanol–water partition coefficient (Wildman–Crippen LogP) is 4.24. The Hall–Kier alpha value is -0.670. The van der Waals surface area contributed by atoms with Crippen LogP contribution in [0.3, 0.4) is 0 Å². The lowest BCUT2D eigenvalue weighted by atomic mass is 10.1. The first kappa shape index (κ1) is 15.7. The van der Waals surface area contributed by atoms with Crippen molar-refractivity contribution < 1.29 is 4.74 Å². The molecular weight excluding hydrogens is 266 g/mol. The minimum Gasteiger partial charge on any atom is -0.494 e. The molecule has 112 valence electrons. The summed E-state index contributed by atoms with van der Waals surface area (Å²) in [6.07, 6.45) is 8.83. The van der Waals surface area contributed by atoms with Crippen LogP contribution < -0.4 is 10.1 Å². The molecule has 0 radical (unpaired) electrons. The van der Waals surface area contributed by atoms with Crippen molar-refractivity contribution in [3.63, 3.8) is 0 Å². The first-order valence-corrected chi connectivity index (χ1v) is 8.98. The average Bonchev–Trinajstić information content (AvgIpc) is 2.96. The van der Waals surface area contributed by atoms with Crippen molar-refractivity contribution in [3.05, 3.63) is 29.8 Å². The van der Waals surface area contributed by atoms with Crippen LogP contribution >= 0.6 is 11.8 Å². The fraction of sp³-hybridized carbons (Fsp3) is 0.647. The molecule has 1 saturated carbocycles. The third kappa shape index (κ3) is 4.42. The maximum absolute atomic E-state index is 5.61. The zero-order chi connectivity index (χ0) is 14.3.